The molecule has 0 radical (unpaired) electrons. The number of thioether (sulfide) groups is 1. The Kier molecular flexibility index (Phi) is 4.57. The standard InChI is InChI=1S/C19H22N4O2S2/c24-18-11-26-6-5-23(18)16-10-27-17-8-20-14(7-13(16)17)19(25)21-15-9-22-3-1-12(15)2-4-22/h7-8,10,12,15H,1-6,9,11H2,(H,21,25)/t15-/m0/s1. The van der Waals surface area contributed by atoms with Crippen molar-refractivity contribution >= 4 is 50.7 Å². The minimum Gasteiger partial charge on any atom is -0.346 e. The minimum atomic E-state index is -0.103. The van der Waals surface area contributed by atoms with E-state index in [1.807, 2.05) is 16.3 Å². The first-order valence-electron chi connectivity index (χ1n) is 9.47. The summed E-state index contributed by atoms with van der Waals surface area (Å²) in [6.45, 7) is 3.98. The molecule has 2 amide bonds. The van der Waals surface area contributed by atoms with Gasteiger partial charge in [-0.3, -0.25) is 9.59 Å². The lowest BCUT2D eigenvalue weighted by atomic mass is 9.84. The van der Waals surface area contributed by atoms with Gasteiger partial charge < -0.3 is 15.1 Å². The van der Waals surface area contributed by atoms with Gasteiger partial charge in [-0.2, -0.15) is 11.8 Å². The maximum atomic E-state index is 12.8. The molecule has 27 heavy (non-hydrogen) atoms. The number of aromatic nitrogens is 1. The summed E-state index contributed by atoms with van der Waals surface area (Å²) in [5.41, 5.74) is 1.36. The molecule has 2 aromatic rings. The molecule has 2 aromatic heterocycles. The van der Waals surface area contributed by atoms with Crippen molar-refractivity contribution in [2.24, 2.45) is 5.92 Å². The van der Waals surface area contributed by atoms with Crippen LogP contribution in [-0.2, 0) is 4.79 Å². The van der Waals surface area contributed by atoms with Gasteiger partial charge in [-0.05, 0) is 37.9 Å². The highest BCUT2D eigenvalue weighted by Crippen LogP contribution is 2.35. The fourth-order valence-electron chi connectivity index (χ4n) is 4.40. The minimum absolute atomic E-state index is 0.103. The summed E-state index contributed by atoms with van der Waals surface area (Å²) in [5.74, 6) is 2.09. The smallest absolute Gasteiger partial charge is 0.270 e. The van der Waals surface area contributed by atoms with Crippen LogP contribution in [0.4, 0.5) is 5.69 Å². The van der Waals surface area contributed by atoms with E-state index in [2.05, 4.69) is 15.2 Å². The highest BCUT2D eigenvalue weighted by atomic mass is 32.2. The highest BCUT2D eigenvalue weighted by Gasteiger charge is 2.35. The molecule has 1 atom stereocenters. The monoisotopic (exact) mass is 402 g/mol. The highest BCUT2D eigenvalue weighted by molar-refractivity contribution is 8.00. The van der Waals surface area contributed by atoms with Crippen molar-refractivity contribution in [1.29, 1.82) is 0 Å². The number of anilines is 1. The number of nitrogens with one attached hydrogen (secondary N) is 1. The van der Waals surface area contributed by atoms with E-state index in [0.717, 1.165) is 47.7 Å². The third-order valence-electron chi connectivity index (χ3n) is 5.92. The number of hydrogen-bond acceptors (Lipinski definition) is 6. The Morgan fingerprint density at radius 1 is 1.26 bits per heavy atom. The predicted octanol–water partition coefficient (Wildman–Crippen LogP) is 2.20. The third-order valence-corrected chi connectivity index (χ3v) is 7.77. The van der Waals surface area contributed by atoms with Gasteiger partial charge in [-0.1, -0.05) is 0 Å². The quantitative estimate of drug-likeness (QED) is 0.853. The molecule has 4 saturated heterocycles. The van der Waals surface area contributed by atoms with Gasteiger partial charge in [0.25, 0.3) is 5.91 Å². The Bertz CT molecular complexity index is 891. The number of rotatable bonds is 3. The van der Waals surface area contributed by atoms with E-state index in [-0.39, 0.29) is 17.9 Å². The van der Waals surface area contributed by atoms with Gasteiger partial charge in [0, 0.05) is 41.8 Å². The lowest BCUT2D eigenvalue weighted by molar-refractivity contribution is -0.116. The Labute approximate surface area is 166 Å². The average molecular weight is 403 g/mol. The summed E-state index contributed by atoms with van der Waals surface area (Å²) in [6, 6.07) is 2.08. The van der Waals surface area contributed by atoms with Crippen LogP contribution in [-0.4, -0.2) is 65.4 Å². The van der Waals surface area contributed by atoms with Gasteiger partial charge in [-0.25, -0.2) is 4.98 Å². The molecule has 6 nitrogen and oxygen atoms in total. The van der Waals surface area contributed by atoms with Crippen molar-refractivity contribution in [2.75, 3.05) is 42.6 Å². The predicted molar refractivity (Wildman–Crippen MR) is 110 cm³/mol. The first-order chi connectivity index (χ1) is 13.2. The molecule has 8 heteroatoms. The molecule has 4 aliphatic heterocycles. The Morgan fingerprint density at radius 3 is 2.85 bits per heavy atom. The van der Waals surface area contributed by atoms with Crippen molar-refractivity contribution in [3.63, 3.8) is 0 Å². The summed E-state index contributed by atoms with van der Waals surface area (Å²) in [5, 5.41) is 6.17. The van der Waals surface area contributed by atoms with Crippen LogP contribution in [0.5, 0.6) is 0 Å². The summed E-state index contributed by atoms with van der Waals surface area (Å²) in [4.78, 5) is 33.8. The number of pyridine rings is 1. The van der Waals surface area contributed by atoms with E-state index >= 15 is 0 Å². The topological polar surface area (TPSA) is 65.5 Å². The maximum absolute atomic E-state index is 12.8. The zero-order chi connectivity index (χ0) is 18.4. The number of nitrogens with zero attached hydrogens (tertiary/aromatic N) is 3. The van der Waals surface area contributed by atoms with E-state index in [9.17, 15) is 9.59 Å². The summed E-state index contributed by atoms with van der Waals surface area (Å²) < 4.78 is 1.01. The molecule has 142 valence electrons. The van der Waals surface area contributed by atoms with Crippen LogP contribution in [0.2, 0.25) is 0 Å². The largest absolute Gasteiger partial charge is 0.346 e. The van der Waals surface area contributed by atoms with Gasteiger partial charge in [0.2, 0.25) is 5.91 Å². The number of fused-ring (bicyclic) bond motifs is 4. The zero-order valence-corrected chi connectivity index (χ0v) is 16.7. The Morgan fingerprint density at radius 2 is 2.11 bits per heavy atom. The van der Waals surface area contributed by atoms with E-state index in [4.69, 9.17) is 0 Å². The maximum Gasteiger partial charge on any atom is 0.270 e. The van der Waals surface area contributed by atoms with Crippen LogP contribution in [0, 0.1) is 5.92 Å². The van der Waals surface area contributed by atoms with Crippen LogP contribution in [0.1, 0.15) is 23.3 Å². The molecule has 0 spiro atoms. The second-order valence-corrected chi connectivity index (χ2v) is 9.52. The number of amides is 2. The Hall–Kier alpha value is -1.64. The molecule has 4 aliphatic rings. The third kappa shape index (κ3) is 3.23. The Balaban J connectivity index is 1.39. The molecular weight excluding hydrogens is 380 g/mol. The van der Waals surface area contributed by atoms with Crippen LogP contribution in [0.3, 0.4) is 0 Å². The van der Waals surface area contributed by atoms with Crippen LogP contribution in [0.15, 0.2) is 17.6 Å². The summed E-state index contributed by atoms with van der Waals surface area (Å²) in [7, 11) is 0. The molecule has 1 N–H and O–H groups in total. The molecular formula is C19H22N4O2S2. The molecule has 0 unspecified atom stereocenters. The van der Waals surface area contributed by atoms with Gasteiger partial charge in [0.15, 0.2) is 0 Å². The van der Waals surface area contributed by atoms with Crippen molar-refractivity contribution in [1.82, 2.24) is 15.2 Å². The van der Waals surface area contributed by atoms with Crippen molar-refractivity contribution < 1.29 is 9.59 Å². The van der Waals surface area contributed by atoms with Gasteiger partial charge in [0.1, 0.15) is 5.69 Å². The molecule has 2 bridgehead atoms. The second kappa shape index (κ2) is 7.07. The summed E-state index contributed by atoms with van der Waals surface area (Å²) >= 11 is 3.25. The van der Waals surface area contributed by atoms with Gasteiger partial charge in [-0.15, -0.1) is 11.3 Å². The van der Waals surface area contributed by atoms with Crippen LogP contribution < -0.4 is 10.2 Å². The lowest BCUT2D eigenvalue weighted by Gasteiger charge is -2.44. The average Bonchev–Trinajstić information content (AvgIpc) is 3.12. The molecule has 6 heterocycles. The van der Waals surface area contributed by atoms with Crippen molar-refractivity contribution in [2.45, 2.75) is 18.9 Å². The van der Waals surface area contributed by atoms with E-state index in [1.165, 1.54) is 12.8 Å². The van der Waals surface area contributed by atoms with Gasteiger partial charge in [0.05, 0.1) is 16.1 Å². The molecule has 0 aromatic carbocycles. The first-order valence-corrected chi connectivity index (χ1v) is 11.5. The van der Waals surface area contributed by atoms with E-state index in [1.54, 1.807) is 29.3 Å². The number of carbonyl (C=O) groups excluding carboxylic acids is 2. The van der Waals surface area contributed by atoms with Crippen LogP contribution >= 0.6 is 23.1 Å². The number of carbonyl (C=O) groups is 2. The summed E-state index contributed by atoms with van der Waals surface area (Å²) in [6.07, 6.45) is 4.10. The van der Waals surface area contributed by atoms with Gasteiger partial charge >= 0.3 is 0 Å². The lowest BCUT2D eigenvalue weighted by Crippen LogP contribution is -2.57. The zero-order valence-electron chi connectivity index (χ0n) is 15.0. The molecule has 4 fully saturated rings. The number of piperidine rings is 3. The molecule has 0 aliphatic carbocycles. The van der Waals surface area contributed by atoms with Crippen molar-refractivity contribution in [3.05, 3.63) is 23.3 Å². The first kappa shape index (κ1) is 17.5. The fourth-order valence-corrected chi connectivity index (χ4v) is 6.08. The van der Waals surface area contributed by atoms with E-state index in [0.29, 0.717) is 17.4 Å². The molecule has 0 saturated carbocycles. The second-order valence-electron chi connectivity index (χ2n) is 7.50. The van der Waals surface area contributed by atoms with Crippen molar-refractivity contribution in [3.8, 4) is 0 Å². The number of thiophene rings is 1. The fraction of sp³-hybridized carbons (Fsp3) is 0.526. The SMILES string of the molecule is O=C(N[C@H]1CN2CCC1CC2)c1cc2c(N3CCSCC3=O)csc2cn1. The normalized spacial score (nSPS) is 27.9. The number of hydrogen-bond donors (Lipinski definition) is 1. The molecule has 6 rings (SSSR count). The van der Waals surface area contributed by atoms with E-state index < -0.39 is 0 Å². The van der Waals surface area contributed by atoms with Crippen LogP contribution in [0.25, 0.3) is 10.1 Å².